The molecule has 3 aromatic rings. The van der Waals surface area contributed by atoms with Gasteiger partial charge in [-0.1, -0.05) is 24.3 Å². The number of thioether (sulfide) groups is 1. The van der Waals surface area contributed by atoms with E-state index in [4.69, 9.17) is 9.47 Å². The first-order valence-corrected chi connectivity index (χ1v) is 11.6. The van der Waals surface area contributed by atoms with Crippen molar-refractivity contribution >= 4 is 17.7 Å². The number of carboxylic acids is 1. The van der Waals surface area contributed by atoms with Gasteiger partial charge >= 0.3 is 5.97 Å². The van der Waals surface area contributed by atoms with Crippen LogP contribution < -0.4 is 4.74 Å². The van der Waals surface area contributed by atoms with E-state index < -0.39 is 12.1 Å². The molecule has 172 valence electrons. The number of carbonyl (C=O) groups is 1. The van der Waals surface area contributed by atoms with Crippen LogP contribution >= 0.6 is 11.8 Å². The maximum atomic E-state index is 11.3. The van der Waals surface area contributed by atoms with Crippen LogP contribution in [0.25, 0.3) is 11.3 Å². The van der Waals surface area contributed by atoms with E-state index in [-0.39, 0.29) is 17.1 Å². The number of benzene rings is 2. The second kappa shape index (κ2) is 12.8. The van der Waals surface area contributed by atoms with Crippen LogP contribution in [0.2, 0.25) is 0 Å². The SMILES string of the molecule is CCOC(Cc1ccc(OCCn2c(C)ccc2-c2ccc(SC)cc2)cc1)C(=O)O.[Fe]. The van der Waals surface area contributed by atoms with Crippen LogP contribution in [0.4, 0.5) is 0 Å². The summed E-state index contributed by atoms with van der Waals surface area (Å²) in [7, 11) is 0. The van der Waals surface area contributed by atoms with Crippen molar-refractivity contribution in [2.24, 2.45) is 0 Å². The Balaban J connectivity index is 0.00000363. The molecule has 1 atom stereocenters. The number of rotatable bonds is 11. The molecule has 1 unspecified atom stereocenters. The van der Waals surface area contributed by atoms with Gasteiger partial charge in [-0.2, -0.15) is 0 Å². The van der Waals surface area contributed by atoms with Gasteiger partial charge in [0.25, 0.3) is 0 Å². The fourth-order valence-corrected chi connectivity index (χ4v) is 3.90. The predicted molar refractivity (Wildman–Crippen MR) is 125 cm³/mol. The van der Waals surface area contributed by atoms with Crippen LogP contribution in [-0.4, -0.2) is 41.2 Å². The van der Waals surface area contributed by atoms with Crippen molar-refractivity contribution in [3.05, 3.63) is 71.9 Å². The van der Waals surface area contributed by atoms with E-state index in [2.05, 4.69) is 54.1 Å². The molecule has 0 spiro atoms. The molecule has 1 N–H and O–H groups in total. The maximum absolute atomic E-state index is 11.3. The molecule has 2 aromatic carbocycles. The quantitative estimate of drug-likeness (QED) is 0.289. The van der Waals surface area contributed by atoms with Gasteiger partial charge in [0.1, 0.15) is 12.4 Å². The number of hydrogen-bond acceptors (Lipinski definition) is 4. The number of hydrogen-bond donors (Lipinski definition) is 1. The smallest absolute Gasteiger partial charge is 0.333 e. The summed E-state index contributed by atoms with van der Waals surface area (Å²) >= 11 is 1.74. The minimum absolute atomic E-state index is 0. The van der Waals surface area contributed by atoms with Gasteiger partial charge in [-0.15, -0.1) is 11.8 Å². The topological polar surface area (TPSA) is 60.7 Å². The van der Waals surface area contributed by atoms with Gasteiger partial charge in [-0.05, 0) is 67.6 Å². The van der Waals surface area contributed by atoms with Crippen molar-refractivity contribution in [1.82, 2.24) is 4.57 Å². The molecule has 0 fully saturated rings. The molecule has 0 radical (unpaired) electrons. The summed E-state index contributed by atoms with van der Waals surface area (Å²) in [5.74, 6) is -0.175. The van der Waals surface area contributed by atoms with Gasteiger partial charge in [0.2, 0.25) is 0 Å². The van der Waals surface area contributed by atoms with Gasteiger partial charge in [0, 0.05) is 46.4 Å². The van der Waals surface area contributed by atoms with Crippen LogP contribution in [0, 0.1) is 6.92 Å². The average molecular weight is 495 g/mol. The number of carboxylic acid groups (broad SMARTS) is 1. The number of ether oxygens (including phenoxy) is 2. The summed E-state index contributed by atoms with van der Waals surface area (Å²) in [5.41, 5.74) is 4.47. The predicted octanol–water partition coefficient (Wildman–Crippen LogP) is 5.29. The molecule has 5 nitrogen and oxygen atoms in total. The molecule has 0 saturated heterocycles. The fraction of sp³-hybridized carbons (Fsp3) is 0.320. The second-order valence-corrected chi connectivity index (χ2v) is 8.10. The zero-order valence-corrected chi connectivity index (χ0v) is 20.5. The Hall–Kier alpha value is -2.18. The van der Waals surface area contributed by atoms with Crippen LogP contribution in [0.1, 0.15) is 18.2 Å². The third kappa shape index (κ3) is 6.91. The van der Waals surface area contributed by atoms with Crippen molar-refractivity contribution in [3.63, 3.8) is 0 Å². The van der Waals surface area contributed by atoms with Gasteiger partial charge in [-0.25, -0.2) is 4.79 Å². The van der Waals surface area contributed by atoms with Crippen LogP contribution in [0.15, 0.2) is 65.6 Å². The number of nitrogens with zero attached hydrogens (tertiary/aromatic N) is 1. The molecule has 32 heavy (non-hydrogen) atoms. The first kappa shape index (κ1) is 26.1. The van der Waals surface area contributed by atoms with Crippen LogP contribution in [0.3, 0.4) is 0 Å². The maximum Gasteiger partial charge on any atom is 0.333 e. The van der Waals surface area contributed by atoms with Crippen molar-refractivity contribution in [2.75, 3.05) is 19.5 Å². The minimum atomic E-state index is -0.942. The molecule has 7 heteroatoms. The molecule has 0 aliphatic heterocycles. The second-order valence-electron chi connectivity index (χ2n) is 7.22. The van der Waals surface area contributed by atoms with E-state index in [1.807, 2.05) is 24.3 Å². The molecule has 3 rings (SSSR count). The molecule has 0 aliphatic rings. The van der Waals surface area contributed by atoms with E-state index in [0.717, 1.165) is 17.9 Å². The van der Waals surface area contributed by atoms with Crippen molar-refractivity contribution in [2.45, 2.75) is 37.8 Å². The minimum Gasteiger partial charge on any atom is -0.492 e. The summed E-state index contributed by atoms with van der Waals surface area (Å²) in [4.78, 5) is 12.5. The first-order chi connectivity index (χ1) is 15.0. The average Bonchev–Trinajstić information content (AvgIpc) is 3.15. The van der Waals surface area contributed by atoms with E-state index in [1.54, 1.807) is 18.7 Å². The molecule has 0 bridgehead atoms. The summed E-state index contributed by atoms with van der Waals surface area (Å²) in [6, 6.07) is 20.4. The van der Waals surface area contributed by atoms with Crippen molar-refractivity contribution < 1.29 is 36.4 Å². The van der Waals surface area contributed by atoms with Gasteiger partial charge in [-0.3, -0.25) is 0 Å². The Morgan fingerprint density at radius 2 is 1.75 bits per heavy atom. The summed E-state index contributed by atoms with van der Waals surface area (Å²) < 4.78 is 13.5. The molecule has 0 amide bonds. The van der Waals surface area contributed by atoms with Crippen molar-refractivity contribution in [3.8, 4) is 17.0 Å². The Bertz CT molecular complexity index is 986. The third-order valence-electron chi connectivity index (χ3n) is 5.16. The molecular weight excluding hydrogens is 466 g/mol. The summed E-state index contributed by atoms with van der Waals surface area (Å²) in [6.45, 7) is 5.56. The zero-order valence-electron chi connectivity index (χ0n) is 18.6. The van der Waals surface area contributed by atoms with Crippen LogP contribution in [0.5, 0.6) is 5.75 Å². The number of aliphatic carboxylic acids is 1. The monoisotopic (exact) mass is 495 g/mol. The van der Waals surface area contributed by atoms with E-state index in [0.29, 0.717) is 19.6 Å². The Kier molecular flexibility index (Phi) is 10.4. The standard InChI is InChI=1S/C25H29NO4S.Fe/c1-4-29-24(25(27)28)17-19-6-10-21(11-7-19)30-16-15-26-18(2)5-14-23(26)20-8-12-22(31-3)13-9-20;/h5-14,24H,4,15-17H2,1-3H3,(H,27,28);. The number of aryl methyl sites for hydroxylation is 1. The first-order valence-electron chi connectivity index (χ1n) is 10.4. The van der Waals surface area contributed by atoms with Crippen molar-refractivity contribution in [1.29, 1.82) is 0 Å². The van der Waals surface area contributed by atoms with E-state index >= 15 is 0 Å². The van der Waals surface area contributed by atoms with Crippen LogP contribution in [-0.2, 0) is 39.6 Å². The number of aromatic nitrogens is 1. The Labute approximate surface area is 204 Å². The molecule has 0 aliphatic carbocycles. The van der Waals surface area contributed by atoms with E-state index in [1.165, 1.54) is 21.8 Å². The third-order valence-corrected chi connectivity index (χ3v) is 5.90. The summed E-state index contributed by atoms with van der Waals surface area (Å²) in [5, 5.41) is 9.23. The summed E-state index contributed by atoms with van der Waals surface area (Å²) in [6.07, 6.45) is 1.59. The fourth-order valence-electron chi connectivity index (χ4n) is 3.49. The Morgan fingerprint density at radius 1 is 1.06 bits per heavy atom. The van der Waals surface area contributed by atoms with Gasteiger partial charge in [0.05, 0.1) is 6.54 Å². The Morgan fingerprint density at radius 3 is 2.34 bits per heavy atom. The largest absolute Gasteiger partial charge is 0.492 e. The molecule has 1 heterocycles. The van der Waals surface area contributed by atoms with E-state index in [9.17, 15) is 9.90 Å². The van der Waals surface area contributed by atoms with Gasteiger partial charge in [0.15, 0.2) is 6.10 Å². The normalized spacial score (nSPS) is 11.6. The zero-order chi connectivity index (χ0) is 22.2. The molecule has 1 aromatic heterocycles. The van der Waals surface area contributed by atoms with Gasteiger partial charge < -0.3 is 19.1 Å². The molecule has 0 saturated carbocycles. The molecular formula is C25H29FeNO4S.